The SMILES string of the molecule is CN(C)C(=O)CNC(=NCc1cn(C)nc1-c1ccccc1)NCCc1ccco1.I. The van der Waals surface area contributed by atoms with E-state index in [4.69, 9.17) is 4.42 Å². The van der Waals surface area contributed by atoms with Gasteiger partial charge in [-0.3, -0.25) is 9.48 Å². The van der Waals surface area contributed by atoms with Gasteiger partial charge in [-0.2, -0.15) is 5.10 Å². The van der Waals surface area contributed by atoms with Crippen LogP contribution in [0.25, 0.3) is 11.3 Å². The van der Waals surface area contributed by atoms with Gasteiger partial charge in [0.05, 0.1) is 25.0 Å². The molecule has 1 aromatic carbocycles. The lowest BCUT2D eigenvalue weighted by atomic mass is 10.1. The second-order valence-electron chi connectivity index (χ2n) is 7.11. The number of carbonyl (C=O) groups is 1. The Balaban J connectivity index is 0.00000341. The zero-order chi connectivity index (χ0) is 21.3. The molecule has 0 aliphatic heterocycles. The Kier molecular flexibility index (Phi) is 9.57. The number of nitrogens with zero attached hydrogens (tertiary/aromatic N) is 4. The number of hydrogen-bond donors (Lipinski definition) is 2. The third-order valence-electron chi connectivity index (χ3n) is 4.51. The van der Waals surface area contributed by atoms with Crippen LogP contribution in [-0.2, 0) is 24.8 Å². The van der Waals surface area contributed by atoms with Crippen LogP contribution in [0.15, 0.2) is 64.3 Å². The summed E-state index contributed by atoms with van der Waals surface area (Å²) in [4.78, 5) is 18.2. The molecule has 0 atom stereocenters. The molecule has 2 aromatic heterocycles. The van der Waals surface area contributed by atoms with Crippen molar-refractivity contribution in [2.45, 2.75) is 13.0 Å². The van der Waals surface area contributed by atoms with Crippen LogP contribution in [0, 0.1) is 0 Å². The maximum Gasteiger partial charge on any atom is 0.241 e. The summed E-state index contributed by atoms with van der Waals surface area (Å²) in [6, 6.07) is 13.8. The number of carbonyl (C=O) groups excluding carboxylic acids is 1. The number of benzene rings is 1. The zero-order valence-corrected chi connectivity index (χ0v) is 20.4. The first-order valence-corrected chi connectivity index (χ1v) is 9.85. The number of guanidine groups is 1. The molecular weight excluding hydrogens is 507 g/mol. The Hall–Kier alpha value is -2.82. The van der Waals surface area contributed by atoms with E-state index < -0.39 is 0 Å². The predicted octanol–water partition coefficient (Wildman–Crippen LogP) is 2.66. The van der Waals surface area contributed by atoms with Gasteiger partial charge in [-0.25, -0.2) is 4.99 Å². The molecule has 31 heavy (non-hydrogen) atoms. The normalized spacial score (nSPS) is 11.0. The quantitative estimate of drug-likeness (QED) is 0.263. The highest BCUT2D eigenvalue weighted by Crippen LogP contribution is 2.22. The van der Waals surface area contributed by atoms with Crippen molar-refractivity contribution in [1.29, 1.82) is 0 Å². The largest absolute Gasteiger partial charge is 0.469 e. The number of aryl methyl sites for hydroxylation is 1. The summed E-state index contributed by atoms with van der Waals surface area (Å²) >= 11 is 0. The predicted molar refractivity (Wildman–Crippen MR) is 132 cm³/mol. The summed E-state index contributed by atoms with van der Waals surface area (Å²) in [6.45, 7) is 1.23. The minimum absolute atomic E-state index is 0. The van der Waals surface area contributed by atoms with Crippen molar-refractivity contribution in [3.8, 4) is 11.3 Å². The Bertz CT molecular complexity index is 967. The van der Waals surface area contributed by atoms with E-state index in [0.29, 0.717) is 19.0 Å². The highest BCUT2D eigenvalue weighted by atomic mass is 127. The molecule has 2 N–H and O–H groups in total. The van der Waals surface area contributed by atoms with Crippen molar-refractivity contribution in [2.75, 3.05) is 27.2 Å². The van der Waals surface area contributed by atoms with Gasteiger partial charge in [-0.05, 0) is 12.1 Å². The van der Waals surface area contributed by atoms with Crippen molar-refractivity contribution in [2.24, 2.45) is 12.0 Å². The fraction of sp³-hybridized carbons (Fsp3) is 0.318. The molecule has 0 fully saturated rings. The number of hydrogen-bond acceptors (Lipinski definition) is 4. The number of aromatic nitrogens is 2. The first-order valence-electron chi connectivity index (χ1n) is 9.85. The number of furan rings is 1. The standard InChI is InChI=1S/C22H28N6O2.HI/c1-27(2)20(29)15-25-22(23-12-11-19-10-7-13-30-19)24-14-18-16-28(3)26-21(18)17-8-5-4-6-9-17;/h4-10,13,16H,11-12,14-15H2,1-3H3,(H2,23,24,25);1H. The van der Waals surface area contributed by atoms with E-state index in [-0.39, 0.29) is 36.4 Å². The molecule has 9 heteroatoms. The number of aliphatic imine (C=N–C) groups is 1. The molecule has 0 aliphatic carbocycles. The molecule has 0 radical (unpaired) electrons. The van der Waals surface area contributed by atoms with Crippen LogP contribution in [0.2, 0.25) is 0 Å². The van der Waals surface area contributed by atoms with Gasteiger partial charge in [0, 0.05) is 51.4 Å². The number of likely N-dealkylation sites (N-methyl/N-ethyl adjacent to an activating group) is 1. The Morgan fingerprint density at radius 2 is 1.94 bits per heavy atom. The summed E-state index contributed by atoms with van der Waals surface area (Å²) < 4.78 is 7.16. The minimum Gasteiger partial charge on any atom is -0.469 e. The molecule has 0 spiro atoms. The van der Waals surface area contributed by atoms with E-state index >= 15 is 0 Å². The lowest BCUT2D eigenvalue weighted by Gasteiger charge is -2.14. The van der Waals surface area contributed by atoms with Crippen LogP contribution < -0.4 is 10.6 Å². The number of amides is 1. The fourth-order valence-electron chi connectivity index (χ4n) is 2.91. The van der Waals surface area contributed by atoms with Gasteiger partial charge in [0.1, 0.15) is 5.76 Å². The molecule has 0 aliphatic rings. The minimum atomic E-state index is -0.0260. The Morgan fingerprint density at radius 1 is 1.16 bits per heavy atom. The molecule has 0 saturated carbocycles. The summed E-state index contributed by atoms with van der Waals surface area (Å²) in [6.07, 6.45) is 4.35. The summed E-state index contributed by atoms with van der Waals surface area (Å²) in [5, 5.41) is 11.0. The number of nitrogens with one attached hydrogen (secondary N) is 2. The van der Waals surface area contributed by atoms with E-state index in [9.17, 15) is 4.79 Å². The van der Waals surface area contributed by atoms with Crippen molar-refractivity contribution in [3.05, 3.63) is 66.2 Å². The van der Waals surface area contributed by atoms with Gasteiger partial charge in [0.2, 0.25) is 5.91 Å². The van der Waals surface area contributed by atoms with Gasteiger partial charge >= 0.3 is 0 Å². The van der Waals surface area contributed by atoms with Gasteiger partial charge in [-0.1, -0.05) is 30.3 Å². The smallest absolute Gasteiger partial charge is 0.241 e. The zero-order valence-electron chi connectivity index (χ0n) is 18.0. The van der Waals surface area contributed by atoms with Gasteiger partial charge in [-0.15, -0.1) is 24.0 Å². The summed E-state index contributed by atoms with van der Waals surface area (Å²) in [5.74, 6) is 1.44. The molecule has 3 aromatic rings. The second-order valence-corrected chi connectivity index (χ2v) is 7.11. The number of rotatable bonds is 8. The highest BCUT2D eigenvalue weighted by molar-refractivity contribution is 14.0. The first-order chi connectivity index (χ1) is 14.5. The van der Waals surface area contributed by atoms with Gasteiger partial charge in [0.15, 0.2) is 5.96 Å². The van der Waals surface area contributed by atoms with Crippen LogP contribution in [-0.4, -0.2) is 53.7 Å². The average Bonchev–Trinajstić information content (AvgIpc) is 3.39. The van der Waals surface area contributed by atoms with E-state index in [2.05, 4.69) is 20.7 Å². The second kappa shape index (κ2) is 12.1. The van der Waals surface area contributed by atoms with E-state index in [0.717, 1.165) is 29.0 Å². The monoisotopic (exact) mass is 536 g/mol. The van der Waals surface area contributed by atoms with Crippen LogP contribution in [0.4, 0.5) is 0 Å². The number of halogens is 1. The lowest BCUT2D eigenvalue weighted by molar-refractivity contribution is -0.127. The topological polar surface area (TPSA) is 87.7 Å². The van der Waals surface area contributed by atoms with Crippen molar-refractivity contribution in [3.63, 3.8) is 0 Å². The van der Waals surface area contributed by atoms with E-state index in [1.54, 1.807) is 29.9 Å². The molecule has 8 nitrogen and oxygen atoms in total. The van der Waals surface area contributed by atoms with Crippen molar-refractivity contribution >= 4 is 35.8 Å². The molecule has 2 heterocycles. The van der Waals surface area contributed by atoms with E-state index in [1.165, 1.54) is 0 Å². The first kappa shape index (κ1) is 24.4. The van der Waals surface area contributed by atoms with Crippen molar-refractivity contribution in [1.82, 2.24) is 25.3 Å². The van der Waals surface area contributed by atoms with Crippen LogP contribution >= 0.6 is 24.0 Å². The van der Waals surface area contributed by atoms with Crippen LogP contribution in [0.3, 0.4) is 0 Å². The summed E-state index contributed by atoms with van der Waals surface area (Å²) in [7, 11) is 5.36. The maximum absolute atomic E-state index is 12.0. The molecule has 166 valence electrons. The lowest BCUT2D eigenvalue weighted by Crippen LogP contribution is -2.43. The molecule has 0 unspecified atom stereocenters. The highest BCUT2D eigenvalue weighted by Gasteiger charge is 2.11. The molecular formula is C22H29IN6O2. The molecule has 1 amide bonds. The van der Waals surface area contributed by atoms with Crippen molar-refractivity contribution < 1.29 is 9.21 Å². The molecule has 3 rings (SSSR count). The Labute approximate surface area is 199 Å². The van der Waals surface area contributed by atoms with Crippen LogP contribution in [0.1, 0.15) is 11.3 Å². The molecule has 0 saturated heterocycles. The van der Waals surface area contributed by atoms with Gasteiger partial charge < -0.3 is 20.0 Å². The maximum atomic E-state index is 12.0. The fourth-order valence-corrected chi connectivity index (χ4v) is 2.91. The molecule has 0 bridgehead atoms. The average molecular weight is 536 g/mol. The van der Waals surface area contributed by atoms with E-state index in [1.807, 2.05) is 55.7 Å². The third kappa shape index (κ3) is 7.42. The van der Waals surface area contributed by atoms with Crippen LogP contribution in [0.5, 0.6) is 0 Å². The Morgan fingerprint density at radius 3 is 2.61 bits per heavy atom. The third-order valence-corrected chi connectivity index (χ3v) is 4.51. The summed E-state index contributed by atoms with van der Waals surface area (Å²) in [5.41, 5.74) is 2.96. The van der Waals surface area contributed by atoms with Gasteiger partial charge in [0.25, 0.3) is 0 Å².